The van der Waals surface area contributed by atoms with Crippen molar-refractivity contribution in [3.05, 3.63) is 47.6 Å². The molecule has 6 heteroatoms. The number of amides is 2. The van der Waals surface area contributed by atoms with Gasteiger partial charge in [0.1, 0.15) is 5.82 Å². The summed E-state index contributed by atoms with van der Waals surface area (Å²) in [4.78, 5) is 15.8. The van der Waals surface area contributed by atoms with E-state index < -0.39 is 0 Å². The molecule has 21 heavy (non-hydrogen) atoms. The first kappa shape index (κ1) is 13.7. The minimum Gasteiger partial charge on any atom is -0.354 e. The van der Waals surface area contributed by atoms with Gasteiger partial charge < -0.3 is 10.6 Å². The molecular formula is C15H15ClN4O. The number of urea groups is 1. The minimum atomic E-state index is -0.208. The largest absolute Gasteiger partial charge is 0.354 e. The summed E-state index contributed by atoms with van der Waals surface area (Å²) >= 11 is 5.93. The zero-order valence-corrected chi connectivity index (χ0v) is 12.0. The van der Waals surface area contributed by atoms with Gasteiger partial charge in [0.05, 0.1) is 11.9 Å². The Labute approximate surface area is 127 Å². The number of hydrogen-bond donors (Lipinski definition) is 3. The number of nitrogens with zero attached hydrogens (tertiary/aromatic N) is 1. The quantitative estimate of drug-likeness (QED) is 0.805. The van der Waals surface area contributed by atoms with Gasteiger partial charge in [0, 0.05) is 16.8 Å². The molecule has 2 aromatic rings. The first-order valence-electron chi connectivity index (χ1n) is 6.75. The van der Waals surface area contributed by atoms with Gasteiger partial charge in [-0.15, -0.1) is 0 Å². The average molecular weight is 303 g/mol. The van der Waals surface area contributed by atoms with Crippen molar-refractivity contribution in [3.8, 4) is 0 Å². The molecule has 0 aliphatic heterocycles. The SMILES string of the molecule is O=C(Nc1ccc(Nc2cccc(Cl)c2)cn1)NC1CC1. The lowest BCUT2D eigenvalue weighted by molar-refractivity contribution is 0.251. The van der Waals surface area contributed by atoms with Gasteiger partial charge >= 0.3 is 6.03 Å². The van der Waals surface area contributed by atoms with E-state index in [1.165, 1.54) is 0 Å². The maximum Gasteiger partial charge on any atom is 0.320 e. The number of benzene rings is 1. The highest BCUT2D eigenvalue weighted by atomic mass is 35.5. The number of halogens is 1. The molecule has 0 atom stereocenters. The highest BCUT2D eigenvalue weighted by molar-refractivity contribution is 6.30. The van der Waals surface area contributed by atoms with Gasteiger partial charge in [-0.25, -0.2) is 9.78 Å². The number of nitrogens with one attached hydrogen (secondary N) is 3. The maximum absolute atomic E-state index is 11.6. The lowest BCUT2D eigenvalue weighted by atomic mass is 10.3. The summed E-state index contributed by atoms with van der Waals surface area (Å²) in [6.07, 6.45) is 3.78. The van der Waals surface area contributed by atoms with E-state index in [2.05, 4.69) is 20.9 Å². The van der Waals surface area contributed by atoms with Gasteiger partial charge in [0.15, 0.2) is 0 Å². The second-order valence-electron chi connectivity index (χ2n) is 4.94. The summed E-state index contributed by atoms with van der Waals surface area (Å²) in [5.41, 5.74) is 1.71. The molecule has 1 saturated carbocycles. The fourth-order valence-corrected chi connectivity index (χ4v) is 2.03. The van der Waals surface area contributed by atoms with Gasteiger partial charge in [0.25, 0.3) is 0 Å². The van der Waals surface area contributed by atoms with Crippen LogP contribution in [0.3, 0.4) is 0 Å². The number of aromatic nitrogens is 1. The van der Waals surface area contributed by atoms with E-state index in [1.54, 1.807) is 12.3 Å². The number of rotatable bonds is 4. The van der Waals surface area contributed by atoms with Gasteiger partial charge in [-0.1, -0.05) is 17.7 Å². The molecule has 3 N–H and O–H groups in total. The maximum atomic E-state index is 11.6. The van der Waals surface area contributed by atoms with Crippen molar-refractivity contribution in [2.24, 2.45) is 0 Å². The Kier molecular flexibility index (Phi) is 3.92. The van der Waals surface area contributed by atoms with Crippen LogP contribution in [0.25, 0.3) is 0 Å². The van der Waals surface area contributed by atoms with E-state index in [9.17, 15) is 4.79 Å². The summed E-state index contributed by atoms with van der Waals surface area (Å²) in [7, 11) is 0. The number of anilines is 3. The van der Waals surface area contributed by atoms with Crippen LogP contribution in [0.4, 0.5) is 22.0 Å². The topological polar surface area (TPSA) is 66.0 Å². The van der Waals surface area contributed by atoms with Crippen molar-refractivity contribution in [3.63, 3.8) is 0 Å². The van der Waals surface area contributed by atoms with E-state index in [1.807, 2.05) is 30.3 Å². The molecule has 0 radical (unpaired) electrons. The Bertz CT molecular complexity index is 640. The molecular weight excluding hydrogens is 288 g/mol. The normalized spacial score (nSPS) is 13.6. The molecule has 3 rings (SSSR count). The molecule has 0 saturated heterocycles. The van der Waals surface area contributed by atoms with Crippen molar-refractivity contribution >= 4 is 34.8 Å². The first-order valence-corrected chi connectivity index (χ1v) is 7.13. The Morgan fingerprint density at radius 2 is 2.05 bits per heavy atom. The van der Waals surface area contributed by atoms with Crippen LogP contribution in [0.5, 0.6) is 0 Å². The van der Waals surface area contributed by atoms with E-state index in [-0.39, 0.29) is 6.03 Å². The number of hydrogen-bond acceptors (Lipinski definition) is 3. The van der Waals surface area contributed by atoms with Crippen LogP contribution in [-0.2, 0) is 0 Å². The van der Waals surface area contributed by atoms with Crippen molar-refractivity contribution in [2.75, 3.05) is 10.6 Å². The van der Waals surface area contributed by atoms with Crippen LogP contribution < -0.4 is 16.0 Å². The molecule has 0 unspecified atom stereocenters. The highest BCUT2D eigenvalue weighted by Gasteiger charge is 2.23. The Hall–Kier alpha value is -2.27. The van der Waals surface area contributed by atoms with Crippen LogP contribution in [0.15, 0.2) is 42.6 Å². The van der Waals surface area contributed by atoms with Crippen LogP contribution in [0.1, 0.15) is 12.8 Å². The molecule has 1 aromatic heterocycles. The van der Waals surface area contributed by atoms with E-state index in [4.69, 9.17) is 11.6 Å². The summed E-state index contributed by atoms with van der Waals surface area (Å²) < 4.78 is 0. The van der Waals surface area contributed by atoms with Crippen LogP contribution in [-0.4, -0.2) is 17.1 Å². The van der Waals surface area contributed by atoms with Gasteiger partial charge in [-0.3, -0.25) is 5.32 Å². The molecule has 1 fully saturated rings. The van der Waals surface area contributed by atoms with Crippen molar-refractivity contribution in [2.45, 2.75) is 18.9 Å². The van der Waals surface area contributed by atoms with E-state index in [0.717, 1.165) is 24.2 Å². The lowest BCUT2D eigenvalue weighted by Gasteiger charge is -2.08. The van der Waals surface area contributed by atoms with Crippen molar-refractivity contribution < 1.29 is 4.79 Å². The van der Waals surface area contributed by atoms with Crippen molar-refractivity contribution in [1.82, 2.24) is 10.3 Å². The molecule has 0 bridgehead atoms. The smallest absolute Gasteiger partial charge is 0.320 e. The molecule has 108 valence electrons. The zero-order valence-electron chi connectivity index (χ0n) is 11.3. The second-order valence-corrected chi connectivity index (χ2v) is 5.38. The number of pyridine rings is 1. The predicted octanol–water partition coefficient (Wildman–Crippen LogP) is 3.76. The predicted molar refractivity (Wildman–Crippen MR) is 84.1 cm³/mol. The molecule has 1 aliphatic carbocycles. The second kappa shape index (κ2) is 6.01. The summed E-state index contributed by atoms with van der Waals surface area (Å²) in [5, 5.41) is 9.41. The summed E-state index contributed by atoms with van der Waals surface area (Å²) in [6, 6.07) is 11.2. The van der Waals surface area contributed by atoms with Crippen LogP contribution >= 0.6 is 11.6 Å². The third-order valence-electron chi connectivity index (χ3n) is 3.03. The first-order chi connectivity index (χ1) is 10.2. The third kappa shape index (κ3) is 4.10. The monoisotopic (exact) mass is 302 g/mol. The highest BCUT2D eigenvalue weighted by Crippen LogP contribution is 2.21. The van der Waals surface area contributed by atoms with E-state index in [0.29, 0.717) is 16.9 Å². The zero-order chi connectivity index (χ0) is 14.7. The molecule has 2 amide bonds. The number of carbonyl (C=O) groups excluding carboxylic acids is 1. The Balaban J connectivity index is 1.59. The summed E-state index contributed by atoms with van der Waals surface area (Å²) in [5.74, 6) is 0.518. The fourth-order valence-electron chi connectivity index (χ4n) is 1.84. The number of carbonyl (C=O) groups is 1. The minimum absolute atomic E-state index is 0.208. The van der Waals surface area contributed by atoms with Gasteiger partial charge in [-0.05, 0) is 43.2 Å². The van der Waals surface area contributed by atoms with E-state index >= 15 is 0 Å². The molecule has 1 heterocycles. The molecule has 0 spiro atoms. The molecule has 5 nitrogen and oxygen atoms in total. The Morgan fingerprint density at radius 1 is 1.19 bits per heavy atom. The Morgan fingerprint density at radius 3 is 2.71 bits per heavy atom. The van der Waals surface area contributed by atoms with Crippen LogP contribution in [0, 0.1) is 0 Å². The third-order valence-corrected chi connectivity index (χ3v) is 3.27. The van der Waals surface area contributed by atoms with Crippen LogP contribution in [0.2, 0.25) is 5.02 Å². The lowest BCUT2D eigenvalue weighted by Crippen LogP contribution is -2.30. The molecule has 1 aromatic carbocycles. The fraction of sp³-hybridized carbons (Fsp3) is 0.200. The van der Waals surface area contributed by atoms with Gasteiger partial charge in [0.2, 0.25) is 0 Å². The van der Waals surface area contributed by atoms with Gasteiger partial charge in [-0.2, -0.15) is 0 Å². The van der Waals surface area contributed by atoms with Crippen molar-refractivity contribution in [1.29, 1.82) is 0 Å². The summed E-state index contributed by atoms with van der Waals surface area (Å²) in [6.45, 7) is 0. The average Bonchev–Trinajstić information content (AvgIpc) is 3.25. The standard InChI is InChI=1S/C15H15ClN4O/c16-10-2-1-3-12(8-10)18-13-6-7-14(17-9-13)20-15(21)19-11-4-5-11/h1-3,6-9,11,18H,4-5H2,(H2,17,19,20,21). The molecule has 1 aliphatic rings.